The van der Waals surface area contributed by atoms with Crippen LogP contribution in [0.3, 0.4) is 0 Å². The first-order valence-corrected chi connectivity index (χ1v) is 12.3. The van der Waals surface area contributed by atoms with E-state index in [0.29, 0.717) is 11.3 Å². The molecule has 1 unspecified atom stereocenters. The van der Waals surface area contributed by atoms with Crippen molar-refractivity contribution in [1.29, 1.82) is 0 Å². The van der Waals surface area contributed by atoms with Crippen LogP contribution in [0.25, 0.3) is 0 Å². The molecule has 6 heteroatoms. The Kier molecular flexibility index (Phi) is 11.9. The number of hydrogen-bond acceptors (Lipinski definition) is 4. The summed E-state index contributed by atoms with van der Waals surface area (Å²) in [7, 11) is 11.6. The van der Waals surface area contributed by atoms with E-state index < -0.39 is 8.56 Å². The second-order valence-corrected chi connectivity index (χ2v) is 13.5. The molecule has 0 heterocycles. The predicted octanol–water partition coefficient (Wildman–Crippen LogP) is 2.22. The summed E-state index contributed by atoms with van der Waals surface area (Å²) in [6, 6.07) is 0. The summed E-state index contributed by atoms with van der Waals surface area (Å²) in [6.45, 7) is 2.20. The van der Waals surface area contributed by atoms with Crippen molar-refractivity contribution < 1.29 is 8.85 Å². The van der Waals surface area contributed by atoms with Gasteiger partial charge in [0.25, 0.3) is 0 Å². The molecule has 0 aromatic carbocycles. The van der Waals surface area contributed by atoms with E-state index in [1.165, 1.54) is 55.2 Å². The van der Waals surface area contributed by atoms with Crippen molar-refractivity contribution in [3.63, 3.8) is 0 Å². The highest BCUT2D eigenvalue weighted by atomic mass is 28.4. The lowest BCUT2D eigenvalue weighted by Crippen LogP contribution is -2.42. The molecule has 0 bridgehead atoms. The quantitative estimate of drug-likeness (QED) is 0.289. The third-order valence-electron chi connectivity index (χ3n) is 5.00. The van der Waals surface area contributed by atoms with Crippen molar-refractivity contribution in [2.24, 2.45) is 0 Å². The van der Waals surface area contributed by atoms with Crippen LogP contribution >= 0.6 is 0 Å². The average Bonchev–Trinajstić information content (AvgIpc) is 2.47. The molecular formula is C16H40N2O2Si2. The summed E-state index contributed by atoms with van der Waals surface area (Å²) in [5.74, 6) is 0. The monoisotopic (exact) mass is 348 g/mol. The smallest absolute Gasteiger partial charge is 0.333 e. The Morgan fingerprint density at radius 1 is 0.818 bits per heavy atom. The van der Waals surface area contributed by atoms with Crippen molar-refractivity contribution in [2.45, 2.75) is 62.8 Å². The molecule has 4 nitrogen and oxygen atoms in total. The Balaban J connectivity index is 3.74. The third kappa shape index (κ3) is 8.22. The van der Waals surface area contributed by atoms with Gasteiger partial charge >= 0.3 is 8.56 Å². The molecule has 0 aromatic heterocycles. The zero-order valence-electron chi connectivity index (χ0n) is 16.3. The minimum absolute atomic E-state index is 0.570. The van der Waals surface area contributed by atoms with Crippen molar-refractivity contribution in [3.05, 3.63) is 0 Å². The summed E-state index contributed by atoms with van der Waals surface area (Å²) in [5, 5.41) is 0.703. The van der Waals surface area contributed by atoms with Gasteiger partial charge in [0.05, 0.1) is 6.17 Å². The fraction of sp³-hybridized carbons (Fsp3) is 1.00. The maximum absolute atomic E-state index is 5.66. The summed E-state index contributed by atoms with van der Waals surface area (Å²) in [5.41, 5.74) is 0. The lowest BCUT2D eigenvalue weighted by atomic mass is 10.1. The molecular weight excluding hydrogens is 308 g/mol. The standard InChI is InChI=1S/C16H40N2O2Si2/c1-17(2)15(18(3)4)13-11-9-8-10-12-14-16(21)22(7,19-5)20-6/h15-16H,8-14H2,1-7,21H3. The molecule has 22 heavy (non-hydrogen) atoms. The highest BCUT2D eigenvalue weighted by Crippen LogP contribution is 2.25. The molecule has 0 spiro atoms. The number of nitrogens with zero attached hydrogens (tertiary/aromatic N) is 2. The van der Waals surface area contributed by atoms with Crippen LogP contribution in [-0.4, -0.2) is 77.2 Å². The van der Waals surface area contributed by atoms with Crippen molar-refractivity contribution >= 4 is 18.8 Å². The Morgan fingerprint density at radius 3 is 1.64 bits per heavy atom. The van der Waals surface area contributed by atoms with Crippen LogP contribution in [-0.2, 0) is 8.85 Å². The molecule has 0 saturated carbocycles. The van der Waals surface area contributed by atoms with Gasteiger partial charge in [-0.1, -0.05) is 38.5 Å². The average molecular weight is 349 g/mol. The van der Waals surface area contributed by atoms with Crippen LogP contribution in [0, 0.1) is 0 Å². The van der Waals surface area contributed by atoms with Gasteiger partial charge in [0, 0.05) is 24.5 Å². The maximum Gasteiger partial charge on any atom is 0.333 e. The molecule has 134 valence electrons. The van der Waals surface area contributed by atoms with Gasteiger partial charge in [-0.15, -0.1) is 0 Å². The minimum atomic E-state index is -1.87. The van der Waals surface area contributed by atoms with Gasteiger partial charge in [0.15, 0.2) is 0 Å². The van der Waals surface area contributed by atoms with E-state index in [-0.39, 0.29) is 0 Å². The second kappa shape index (κ2) is 11.8. The van der Waals surface area contributed by atoms with E-state index in [0.717, 1.165) is 0 Å². The normalized spacial score (nSPS) is 14.5. The summed E-state index contributed by atoms with van der Waals surface area (Å²) in [4.78, 5) is 4.63. The predicted molar refractivity (Wildman–Crippen MR) is 103 cm³/mol. The van der Waals surface area contributed by atoms with E-state index in [1.54, 1.807) is 0 Å². The van der Waals surface area contributed by atoms with E-state index in [4.69, 9.17) is 8.85 Å². The zero-order valence-corrected chi connectivity index (χ0v) is 19.3. The van der Waals surface area contributed by atoms with Crippen LogP contribution in [0.5, 0.6) is 0 Å². The first kappa shape index (κ1) is 22.3. The number of rotatable bonds is 13. The Bertz CT molecular complexity index is 267. The van der Waals surface area contributed by atoms with Gasteiger partial charge in [0.1, 0.15) is 0 Å². The molecule has 0 amide bonds. The summed E-state index contributed by atoms with van der Waals surface area (Å²) >= 11 is 0. The molecule has 0 N–H and O–H groups in total. The van der Waals surface area contributed by atoms with E-state index in [2.05, 4.69) is 44.5 Å². The molecule has 0 aliphatic carbocycles. The van der Waals surface area contributed by atoms with Gasteiger partial charge < -0.3 is 8.85 Å². The largest absolute Gasteiger partial charge is 0.398 e. The lowest BCUT2D eigenvalue weighted by molar-refractivity contribution is 0.117. The Hall–Kier alpha value is 0.274. The summed E-state index contributed by atoms with van der Waals surface area (Å²) < 4.78 is 11.3. The Labute approximate surface area is 143 Å². The van der Waals surface area contributed by atoms with E-state index >= 15 is 0 Å². The molecule has 0 aliphatic rings. The van der Waals surface area contributed by atoms with Gasteiger partial charge in [-0.2, -0.15) is 0 Å². The van der Waals surface area contributed by atoms with Crippen molar-refractivity contribution in [1.82, 2.24) is 9.80 Å². The SMILES string of the molecule is CO[Si](C)(OC)C([SiH3])CCCCCCCC(N(C)C)N(C)C. The topological polar surface area (TPSA) is 24.9 Å². The molecule has 1 atom stereocenters. The van der Waals surface area contributed by atoms with E-state index in [9.17, 15) is 0 Å². The molecule has 0 rings (SSSR count). The minimum Gasteiger partial charge on any atom is -0.398 e. The highest BCUT2D eigenvalue weighted by molar-refractivity contribution is 6.74. The van der Waals surface area contributed by atoms with Crippen molar-refractivity contribution in [2.75, 3.05) is 42.4 Å². The number of hydrogen-bond donors (Lipinski definition) is 0. The first-order valence-electron chi connectivity index (χ1n) is 8.71. The molecule has 0 fully saturated rings. The fourth-order valence-electron chi connectivity index (χ4n) is 3.03. The highest BCUT2D eigenvalue weighted by Gasteiger charge is 2.35. The molecule has 0 aromatic rings. The van der Waals surface area contributed by atoms with Crippen LogP contribution < -0.4 is 0 Å². The third-order valence-corrected chi connectivity index (χ3v) is 12.4. The molecule has 0 aliphatic heterocycles. The maximum atomic E-state index is 5.66. The van der Waals surface area contributed by atoms with Crippen LogP contribution in [0.2, 0.25) is 11.7 Å². The van der Waals surface area contributed by atoms with Crippen LogP contribution in [0.1, 0.15) is 44.9 Å². The Morgan fingerprint density at radius 2 is 1.23 bits per heavy atom. The lowest BCUT2D eigenvalue weighted by Gasteiger charge is -2.30. The number of unbranched alkanes of at least 4 members (excludes halogenated alkanes) is 4. The van der Waals surface area contributed by atoms with E-state index in [1.807, 2.05) is 14.2 Å². The zero-order chi connectivity index (χ0) is 17.2. The summed E-state index contributed by atoms with van der Waals surface area (Å²) in [6.07, 6.45) is 9.85. The van der Waals surface area contributed by atoms with Gasteiger partial charge in [-0.3, -0.25) is 9.80 Å². The molecule has 0 radical (unpaired) electrons. The first-order chi connectivity index (χ1) is 10.3. The van der Waals surface area contributed by atoms with Crippen LogP contribution in [0.15, 0.2) is 0 Å². The second-order valence-electron chi connectivity index (χ2n) is 7.08. The van der Waals surface area contributed by atoms with Gasteiger partial charge in [0.2, 0.25) is 0 Å². The van der Waals surface area contributed by atoms with Gasteiger partial charge in [-0.25, -0.2) is 0 Å². The van der Waals surface area contributed by atoms with Crippen molar-refractivity contribution in [3.8, 4) is 0 Å². The molecule has 0 saturated heterocycles. The van der Waals surface area contributed by atoms with Crippen LogP contribution in [0.4, 0.5) is 0 Å². The fourth-order valence-corrected chi connectivity index (χ4v) is 6.56. The van der Waals surface area contributed by atoms with Gasteiger partial charge in [-0.05, 0) is 46.3 Å².